The highest BCUT2D eigenvalue weighted by Crippen LogP contribution is 2.32. The highest BCUT2D eigenvalue weighted by molar-refractivity contribution is 6.35. The molecule has 1 aromatic carbocycles. The van der Waals surface area contributed by atoms with Crippen LogP contribution in [-0.2, 0) is 9.59 Å². The van der Waals surface area contributed by atoms with E-state index in [1.807, 2.05) is 19.1 Å². The van der Waals surface area contributed by atoms with Crippen LogP contribution in [0.1, 0.15) is 13.3 Å². The molecule has 1 amide bonds. The van der Waals surface area contributed by atoms with Crippen molar-refractivity contribution in [1.82, 2.24) is 0 Å². The van der Waals surface area contributed by atoms with Gasteiger partial charge in [-0.05, 0) is 30.5 Å². The normalized spacial score (nSPS) is 24.6. The molecular weight excluding hydrogens is 313 g/mol. The summed E-state index contributed by atoms with van der Waals surface area (Å²) in [5, 5.41) is 12.8. The molecule has 3 atom stereocenters. The minimum Gasteiger partial charge on any atom is -0.481 e. The highest BCUT2D eigenvalue weighted by Gasteiger charge is 2.38. The minimum atomic E-state index is -0.963. The topological polar surface area (TPSA) is 66.4 Å². The maximum absolute atomic E-state index is 12.4. The molecule has 6 heteroatoms. The van der Waals surface area contributed by atoms with Crippen LogP contribution in [0.15, 0.2) is 30.4 Å². The van der Waals surface area contributed by atoms with E-state index in [9.17, 15) is 14.7 Å². The second kappa shape index (κ2) is 6.50. The Hall–Kier alpha value is -1.52. The number of allylic oxidation sites excluding steroid dienone is 2. The third-order valence-electron chi connectivity index (χ3n) is 3.58. The lowest BCUT2D eigenvalue weighted by atomic mass is 9.76. The Morgan fingerprint density at radius 2 is 1.86 bits per heavy atom. The third kappa shape index (κ3) is 3.77. The Balaban J connectivity index is 2.21. The van der Waals surface area contributed by atoms with Gasteiger partial charge in [0.15, 0.2) is 0 Å². The number of rotatable bonds is 3. The molecule has 2 N–H and O–H groups in total. The second-order valence-corrected chi connectivity index (χ2v) is 6.01. The van der Waals surface area contributed by atoms with Gasteiger partial charge < -0.3 is 10.4 Å². The van der Waals surface area contributed by atoms with Crippen molar-refractivity contribution >= 4 is 40.8 Å². The molecule has 21 heavy (non-hydrogen) atoms. The molecule has 0 bridgehead atoms. The van der Waals surface area contributed by atoms with Crippen molar-refractivity contribution in [2.24, 2.45) is 17.8 Å². The maximum atomic E-state index is 12.4. The molecule has 3 unspecified atom stereocenters. The lowest BCUT2D eigenvalue weighted by Gasteiger charge is -2.29. The first kappa shape index (κ1) is 15.9. The summed E-state index contributed by atoms with van der Waals surface area (Å²) < 4.78 is 0. The van der Waals surface area contributed by atoms with Gasteiger partial charge in [0.2, 0.25) is 5.91 Å². The number of benzene rings is 1. The smallest absolute Gasteiger partial charge is 0.307 e. The summed E-state index contributed by atoms with van der Waals surface area (Å²) in [4.78, 5) is 23.7. The number of nitrogens with one attached hydrogen (secondary N) is 1. The molecule has 112 valence electrons. The van der Waals surface area contributed by atoms with Gasteiger partial charge in [0.05, 0.1) is 11.8 Å². The molecule has 1 aliphatic rings. The standard InChI is InChI=1S/C15H15Cl2NO3/c1-8-3-2-4-12(15(20)21)13(8)14(19)18-11-6-9(16)5-10(17)7-11/h2-3,5-8,12-13H,4H2,1H3,(H,18,19)(H,20,21). The van der Waals surface area contributed by atoms with Crippen LogP contribution in [0.2, 0.25) is 10.0 Å². The summed E-state index contributed by atoms with van der Waals surface area (Å²) in [6, 6.07) is 4.71. The van der Waals surface area contributed by atoms with Gasteiger partial charge in [-0.25, -0.2) is 0 Å². The molecule has 4 nitrogen and oxygen atoms in total. The van der Waals surface area contributed by atoms with Gasteiger partial charge in [-0.2, -0.15) is 0 Å². The van der Waals surface area contributed by atoms with Gasteiger partial charge in [-0.15, -0.1) is 0 Å². The van der Waals surface area contributed by atoms with Crippen molar-refractivity contribution in [3.8, 4) is 0 Å². The van der Waals surface area contributed by atoms with Crippen LogP contribution in [0.3, 0.4) is 0 Å². The van der Waals surface area contributed by atoms with E-state index in [0.29, 0.717) is 22.2 Å². The molecule has 0 spiro atoms. The number of aliphatic carboxylic acids is 1. The predicted octanol–water partition coefficient (Wildman–Crippen LogP) is 3.84. The van der Waals surface area contributed by atoms with E-state index in [2.05, 4.69) is 5.32 Å². The minimum absolute atomic E-state index is 0.144. The Morgan fingerprint density at radius 1 is 1.24 bits per heavy atom. The van der Waals surface area contributed by atoms with Crippen LogP contribution in [0.25, 0.3) is 0 Å². The summed E-state index contributed by atoms with van der Waals surface area (Å²) in [5.41, 5.74) is 0.461. The van der Waals surface area contributed by atoms with E-state index in [0.717, 1.165) is 0 Å². The van der Waals surface area contributed by atoms with Gasteiger partial charge in [0, 0.05) is 15.7 Å². The quantitative estimate of drug-likeness (QED) is 0.829. The first-order valence-corrected chi connectivity index (χ1v) is 7.30. The zero-order chi connectivity index (χ0) is 15.6. The maximum Gasteiger partial charge on any atom is 0.307 e. The van der Waals surface area contributed by atoms with Crippen molar-refractivity contribution in [1.29, 1.82) is 0 Å². The van der Waals surface area contributed by atoms with Gasteiger partial charge >= 0.3 is 5.97 Å². The highest BCUT2D eigenvalue weighted by atomic mass is 35.5. The van der Waals surface area contributed by atoms with Gasteiger partial charge in [-0.3, -0.25) is 9.59 Å². The van der Waals surface area contributed by atoms with Crippen LogP contribution in [0.4, 0.5) is 5.69 Å². The molecule has 0 saturated heterocycles. The summed E-state index contributed by atoms with van der Waals surface area (Å²) in [5.74, 6) is -2.78. The van der Waals surface area contributed by atoms with E-state index >= 15 is 0 Å². The largest absolute Gasteiger partial charge is 0.481 e. The fourth-order valence-corrected chi connectivity index (χ4v) is 3.13. The van der Waals surface area contributed by atoms with E-state index in [4.69, 9.17) is 23.2 Å². The number of carbonyl (C=O) groups is 2. The molecule has 1 aliphatic carbocycles. The molecule has 0 aromatic heterocycles. The fraction of sp³-hybridized carbons (Fsp3) is 0.333. The summed E-state index contributed by atoms with van der Waals surface area (Å²) in [7, 11) is 0. The number of carboxylic acid groups (broad SMARTS) is 1. The lowest BCUT2D eigenvalue weighted by molar-refractivity contribution is -0.147. The zero-order valence-electron chi connectivity index (χ0n) is 11.3. The van der Waals surface area contributed by atoms with E-state index < -0.39 is 17.8 Å². The van der Waals surface area contributed by atoms with Crippen molar-refractivity contribution in [2.45, 2.75) is 13.3 Å². The molecular formula is C15H15Cl2NO3. The molecule has 0 radical (unpaired) electrons. The zero-order valence-corrected chi connectivity index (χ0v) is 12.9. The van der Waals surface area contributed by atoms with Crippen LogP contribution < -0.4 is 5.32 Å². The number of amides is 1. The number of hydrogen-bond acceptors (Lipinski definition) is 2. The number of carboxylic acids is 1. The van der Waals surface area contributed by atoms with Gasteiger partial charge in [0.25, 0.3) is 0 Å². The number of halogens is 2. The second-order valence-electron chi connectivity index (χ2n) is 5.14. The molecule has 2 rings (SSSR count). The van der Waals surface area contributed by atoms with Crippen LogP contribution in [-0.4, -0.2) is 17.0 Å². The molecule has 0 heterocycles. The monoisotopic (exact) mass is 327 g/mol. The number of anilines is 1. The van der Waals surface area contributed by atoms with Crippen molar-refractivity contribution in [3.05, 3.63) is 40.4 Å². The first-order valence-electron chi connectivity index (χ1n) is 6.55. The average molecular weight is 328 g/mol. The average Bonchev–Trinajstić information content (AvgIpc) is 2.36. The molecule has 0 aliphatic heterocycles. The Bertz CT molecular complexity index is 580. The van der Waals surface area contributed by atoms with Gasteiger partial charge in [-0.1, -0.05) is 42.3 Å². The lowest BCUT2D eigenvalue weighted by Crippen LogP contribution is -2.38. The van der Waals surface area contributed by atoms with E-state index in [1.54, 1.807) is 18.2 Å². The summed E-state index contributed by atoms with van der Waals surface area (Å²) in [6.07, 6.45) is 4.03. The van der Waals surface area contributed by atoms with Crippen molar-refractivity contribution < 1.29 is 14.7 Å². The molecule has 0 fully saturated rings. The third-order valence-corrected chi connectivity index (χ3v) is 4.02. The number of hydrogen-bond donors (Lipinski definition) is 2. The predicted molar refractivity (Wildman–Crippen MR) is 82.6 cm³/mol. The first-order chi connectivity index (χ1) is 9.88. The van der Waals surface area contributed by atoms with Crippen molar-refractivity contribution in [3.63, 3.8) is 0 Å². The van der Waals surface area contributed by atoms with Crippen LogP contribution in [0, 0.1) is 17.8 Å². The van der Waals surface area contributed by atoms with Crippen molar-refractivity contribution in [2.75, 3.05) is 5.32 Å². The molecule has 1 aromatic rings. The van der Waals surface area contributed by atoms with E-state index in [-0.39, 0.29) is 11.8 Å². The summed E-state index contributed by atoms with van der Waals surface area (Å²) in [6.45, 7) is 1.83. The Kier molecular flexibility index (Phi) is 4.91. The SMILES string of the molecule is CC1C=CCC(C(=O)O)C1C(=O)Nc1cc(Cl)cc(Cl)c1. The Labute approximate surface area is 132 Å². The summed E-state index contributed by atoms with van der Waals surface area (Å²) >= 11 is 11.8. The molecule has 0 saturated carbocycles. The van der Waals surface area contributed by atoms with Gasteiger partial charge in [0.1, 0.15) is 0 Å². The fourth-order valence-electron chi connectivity index (χ4n) is 2.60. The Morgan fingerprint density at radius 3 is 2.43 bits per heavy atom. The number of carbonyl (C=O) groups excluding carboxylic acids is 1. The van der Waals surface area contributed by atoms with Crippen LogP contribution >= 0.6 is 23.2 Å². The van der Waals surface area contributed by atoms with Crippen LogP contribution in [0.5, 0.6) is 0 Å². The van der Waals surface area contributed by atoms with E-state index in [1.165, 1.54) is 0 Å².